The number of ether oxygens (including phenoxy) is 1. The maximum atomic E-state index is 11.3. The molecule has 0 bridgehead atoms. The van der Waals surface area contributed by atoms with Crippen LogP contribution in [0.25, 0.3) is 10.9 Å². The third-order valence-corrected chi connectivity index (χ3v) is 4.38. The van der Waals surface area contributed by atoms with E-state index in [-0.39, 0.29) is 31.4 Å². The van der Waals surface area contributed by atoms with Gasteiger partial charge in [-0.2, -0.15) is 15.0 Å². The first kappa shape index (κ1) is 22.8. The smallest absolute Gasteiger partial charge is 0.322 e. The molecule has 0 aliphatic rings. The Kier molecular flexibility index (Phi) is 7.46. The number of para-hydroxylation sites is 1. The Labute approximate surface area is 177 Å². The summed E-state index contributed by atoms with van der Waals surface area (Å²) in [4.78, 5) is 25.5. The number of nitrogen functional groups attached to an aromatic ring is 1. The Morgan fingerprint density at radius 3 is 2.37 bits per heavy atom. The van der Waals surface area contributed by atoms with Gasteiger partial charge in [0.1, 0.15) is 0 Å². The first-order valence-electron chi connectivity index (χ1n) is 9.65. The highest BCUT2D eigenvalue weighted by molar-refractivity contribution is 6.02. The predicted octanol–water partition coefficient (Wildman–Crippen LogP) is 3.63. The predicted molar refractivity (Wildman–Crippen MR) is 122 cm³/mol. The molecule has 3 N–H and O–H groups in total. The molecule has 30 heavy (non-hydrogen) atoms. The van der Waals surface area contributed by atoms with Gasteiger partial charge in [0, 0.05) is 43.8 Å². The molecule has 3 aromatic rings. The lowest BCUT2D eigenvalue weighted by atomic mass is 10.2. The number of fused-ring (bicyclic) bond motifs is 1. The Morgan fingerprint density at radius 2 is 1.83 bits per heavy atom. The topological polar surface area (TPSA) is 123 Å². The second-order valence-corrected chi connectivity index (χ2v) is 7.21. The fraction of sp³-hybridized carbons (Fsp3) is 0.381. The van der Waals surface area contributed by atoms with E-state index in [1.54, 1.807) is 10.8 Å². The zero-order valence-corrected chi connectivity index (χ0v) is 18.2. The highest BCUT2D eigenvalue weighted by Gasteiger charge is 2.18. The molecule has 162 valence electrons. The number of hydrogen-bond donors (Lipinski definition) is 2. The molecule has 1 aromatic carbocycles. The summed E-state index contributed by atoms with van der Waals surface area (Å²) < 4.78 is 6.54. The second-order valence-electron chi connectivity index (χ2n) is 7.21. The van der Waals surface area contributed by atoms with Gasteiger partial charge in [0.05, 0.1) is 12.6 Å². The molecule has 0 fully saturated rings. The zero-order valence-electron chi connectivity index (χ0n) is 18.2. The molecule has 0 amide bonds. The minimum absolute atomic E-state index is 0. The molecular weight excluding hydrogens is 382 g/mol. The van der Waals surface area contributed by atoms with E-state index < -0.39 is 0 Å². The van der Waals surface area contributed by atoms with Crippen LogP contribution in [0.5, 0.6) is 6.01 Å². The number of nitrogens with zero attached hydrogens (tertiary/aromatic N) is 5. The highest BCUT2D eigenvalue weighted by Crippen LogP contribution is 2.20. The number of nitrogens with two attached hydrogens (primary N) is 1. The summed E-state index contributed by atoms with van der Waals surface area (Å²) in [7, 11) is 1.51. The summed E-state index contributed by atoms with van der Waals surface area (Å²) in [6, 6.07) is 8.39. The Morgan fingerprint density at radius 1 is 1.20 bits per heavy atom. The summed E-state index contributed by atoms with van der Waals surface area (Å²) in [6.07, 6.45) is 2.96. The normalized spacial score (nSPS) is 10.7. The van der Waals surface area contributed by atoms with Gasteiger partial charge in [-0.05, 0) is 33.8 Å². The molecule has 0 aliphatic heterocycles. The van der Waals surface area contributed by atoms with Gasteiger partial charge in [0.15, 0.2) is 0 Å². The average Bonchev–Trinajstić information content (AvgIpc) is 3.06. The van der Waals surface area contributed by atoms with Crippen LogP contribution < -0.4 is 15.4 Å². The molecule has 0 saturated carbocycles. The molecule has 2 heterocycles. The number of methoxy groups -OCH3 is 1. The van der Waals surface area contributed by atoms with E-state index in [4.69, 9.17) is 15.9 Å². The van der Waals surface area contributed by atoms with Crippen LogP contribution in [-0.4, -0.2) is 50.8 Å². The van der Waals surface area contributed by atoms with Crippen LogP contribution in [0.4, 0.5) is 11.9 Å². The molecule has 2 aromatic heterocycles. The Bertz CT molecular complexity index is 1030. The molecule has 9 nitrogen and oxygen atoms in total. The van der Waals surface area contributed by atoms with Crippen molar-refractivity contribution in [2.45, 2.75) is 46.7 Å². The zero-order chi connectivity index (χ0) is 22.4. The van der Waals surface area contributed by atoms with Gasteiger partial charge in [0.25, 0.3) is 0 Å². The standard InChI is InChI=1S/C11H10N2O.C10H19N5O.H2/c1-8(14)13-7-9(6-12)10-4-2-3-5-11(10)13;1-6(2)15(7(3)4)9-12-8(11)13-10(14-9)16-5;/h2-7,12H,1H3;6-7H,1-5H3,(H2,11,12,13,14);1H. The van der Waals surface area contributed by atoms with Crippen molar-refractivity contribution in [2.75, 3.05) is 17.7 Å². The molecule has 0 unspecified atom stereocenters. The van der Waals surface area contributed by atoms with E-state index in [0.717, 1.165) is 16.5 Å². The number of aromatic nitrogens is 4. The summed E-state index contributed by atoms with van der Waals surface area (Å²) >= 11 is 0. The molecule has 3 rings (SSSR count). The number of carbonyl (C=O) groups is 1. The minimum atomic E-state index is -0.0331. The quantitative estimate of drug-likeness (QED) is 0.612. The summed E-state index contributed by atoms with van der Waals surface area (Å²) in [5.41, 5.74) is 7.24. The van der Waals surface area contributed by atoms with Crippen LogP contribution in [0.15, 0.2) is 30.5 Å². The van der Waals surface area contributed by atoms with Crippen molar-refractivity contribution in [3.63, 3.8) is 0 Å². The van der Waals surface area contributed by atoms with Crippen molar-refractivity contribution in [2.24, 2.45) is 0 Å². The van der Waals surface area contributed by atoms with Gasteiger partial charge in [-0.1, -0.05) is 18.2 Å². The number of rotatable bonds is 5. The largest absolute Gasteiger partial charge is 0.467 e. The third-order valence-electron chi connectivity index (χ3n) is 4.38. The van der Waals surface area contributed by atoms with E-state index in [0.29, 0.717) is 5.95 Å². The minimum Gasteiger partial charge on any atom is -0.467 e. The molecule has 0 radical (unpaired) electrons. The van der Waals surface area contributed by atoms with Crippen molar-refractivity contribution in [3.8, 4) is 6.01 Å². The summed E-state index contributed by atoms with van der Waals surface area (Å²) in [5, 5.41) is 8.17. The van der Waals surface area contributed by atoms with Crippen LogP contribution in [0.3, 0.4) is 0 Å². The number of nitrogens with one attached hydrogen (secondary N) is 1. The van der Waals surface area contributed by atoms with Crippen LogP contribution >= 0.6 is 0 Å². The maximum absolute atomic E-state index is 11.3. The van der Waals surface area contributed by atoms with Crippen molar-refractivity contribution in [3.05, 3.63) is 36.0 Å². The molecule has 0 spiro atoms. The Balaban J connectivity index is 0.000000302. The number of benzene rings is 1. The van der Waals surface area contributed by atoms with Crippen molar-refractivity contribution in [1.82, 2.24) is 19.5 Å². The van der Waals surface area contributed by atoms with E-state index in [9.17, 15) is 4.79 Å². The Hall–Kier alpha value is -3.49. The van der Waals surface area contributed by atoms with Gasteiger partial charge in [-0.3, -0.25) is 9.36 Å². The lowest BCUT2D eigenvalue weighted by molar-refractivity contribution is 0.0941. The summed E-state index contributed by atoms with van der Waals surface area (Å²) in [6.45, 7) is 9.82. The molecular formula is C21H31N7O2. The fourth-order valence-electron chi connectivity index (χ4n) is 3.21. The number of anilines is 2. The molecule has 0 atom stereocenters. The summed E-state index contributed by atoms with van der Waals surface area (Å²) in [5.74, 6) is 0.691. The van der Waals surface area contributed by atoms with E-state index in [2.05, 4.69) is 47.5 Å². The highest BCUT2D eigenvalue weighted by atomic mass is 16.5. The average molecular weight is 414 g/mol. The van der Waals surface area contributed by atoms with Crippen LogP contribution in [0, 0.1) is 5.41 Å². The first-order valence-corrected chi connectivity index (χ1v) is 9.65. The third kappa shape index (κ3) is 5.11. The van der Waals surface area contributed by atoms with E-state index in [1.165, 1.54) is 20.2 Å². The van der Waals surface area contributed by atoms with Gasteiger partial charge < -0.3 is 20.8 Å². The number of carbonyl (C=O) groups excluding carboxylic acids is 1. The molecule has 9 heteroatoms. The van der Waals surface area contributed by atoms with Crippen molar-refractivity contribution >= 4 is 34.9 Å². The van der Waals surface area contributed by atoms with Gasteiger partial charge >= 0.3 is 6.01 Å². The fourth-order valence-corrected chi connectivity index (χ4v) is 3.21. The monoisotopic (exact) mass is 413 g/mol. The van der Waals surface area contributed by atoms with Crippen molar-refractivity contribution in [1.29, 1.82) is 5.41 Å². The van der Waals surface area contributed by atoms with E-state index >= 15 is 0 Å². The van der Waals surface area contributed by atoms with Gasteiger partial charge in [0.2, 0.25) is 17.8 Å². The van der Waals surface area contributed by atoms with Crippen molar-refractivity contribution < 1.29 is 11.0 Å². The number of hydrogen-bond acceptors (Lipinski definition) is 8. The maximum Gasteiger partial charge on any atom is 0.322 e. The van der Waals surface area contributed by atoms with E-state index in [1.807, 2.05) is 24.3 Å². The lowest BCUT2D eigenvalue weighted by Gasteiger charge is -2.30. The second kappa shape index (κ2) is 9.82. The van der Waals surface area contributed by atoms with Gasteiger partial charge in [-0.25, -0.2) is 0 Å². The van der Waals surface area contributed by atoms with Crippen LogP contribution in [0.1, 0.15) is 46.4 Å². The lowest BCUT2D eigenvalue weighted by Crippen LogP contribution is -2.38. The molecule has 0 saturated heterocycles. The SMILES string of the molecule is CC(=O)n1cc(C=N)c2ccccc21.COc1nc(N)nc(N(C(C)C)C(C)C)n1.[HH]. The van der Waals surface area contributed by atoms with Crippen LogP contribution in [-0.2, 0) is 0 Å². The first-order chi connectivity index (χ1) is 14.2. The van der Waals surface area contributed by atoms with Gasteiger partial charge in [-0.15, -0.1) is 0 Å². The molecule has 0 aliphatic carbocycles. The van der Waals surface area contributed by atoms with Crippen LogP contribution in [0.2, 0.25) is 0 Å².